The van der Waals surface area contributed by atoms with E-state index in [1.54, 1.807) is 0 Å². The van der Waals surface area contributed by atoms with Crippen molar-refractivity contribution in [3.8, 4) is 5.75 Å². The van der Waals surface area contributed by atoms with Gasteiger partial charge in [0.1, 0.15) is 10.0 Å². The summed E-state index contributed by atoms with van der Waals surface area (Å²) in [6, 6.07) is 0. The fourth-order valence-electron chi connectivity index (χ4n) is 0.854. The van der Waals surface area contributed by atoms with Gasteiger partial charge in [0, 0.05) is 18.5 Å². The van der Waals surface area contributed by atoms with Crippen LogP contribution in [0.3, 0.4) is 0 Å². The number of benzene rings is 1. The highest BCUT2D eigenvalue weighted by Gasteiger charge is 2.20. The van der Waals surface area contributed by atoms with E-state index in [9.17, 15) is 0 Å². The molecule has 14 heavy (non-hydrogen) atoms. The van der Waals surface area contributed by atoms with Gasteiger partial charge in [-0.3, -0.25) is 0 Å². The number of alkyl halides is 1. The first-order valence-corrected chi connectivity index (χ1v) is 5.67. The molecule has 7 heteroatoms. The van der Waals surface area contributed by atoms with Crippen molar-refractivity contribution in [1.29, 1.82) is 0 Å². The Bertz CT molecular complexity index is 304. The van der Waals surface area contributed by atoms with Crippen molar-refractivity contribution >= 4 is 70.9 Å². The van der Waals surface area contributed by atoms with Crippen molar-refractivity contribution < 1.29 is 4.18 Å². The molecule has 1 aromatic carbocycles. The molecule has 0 bridgehead atoms. The molecular formula is C7H3Cl5OS. The molecule has 0 saturated heterocycles. The summed E-state index contributed by atoms with van der Waals surface area (Å²) in [6.07, 6.45) is 0. The Balaban J connectivity index is 3.55. The normalized spacial score (nSPS) is 10.4. The fourth-order valence-corrected chi connectivity index (χ4v) is 2.63. The molecule has 1 nitrogen and oxygen atoms in total. The van der Waals surface area contributed by atoms with E-state index < -0.39 is 0 Å². The molecular weight excluding hydrogens is 309 g/mol. The van der Waals surface area contributed by atoms with E-state index in [0.29, 0.717) is 5.56 Å². The summed E-state index contributed by atoms with van der Waals surface area (Å²) in [6.45, 7) is 0. The summed E-state index contributed by atoms with van der Waals surface area (Å²) in [5.41, 5.74) is 0.471. The van der Waals surface area contributed by atoms with Gasteiger partial charge in [-0.05, 0) is 0 Å². The van der Waals surface area contributed by atoms with E-state index in [2.05, 4.69) is 17.1 Å². The summed E-state index contributed by atoms with van der Waals surface area (Å²) < 4.78 is 4.66. The van der Waals surface area contributed by atoms with Crippen LogP contribution >= 0.6 is 70.9 Å². The van der Waals surface area contributed by atoms with E-state index in [0.717, 1.165) is 0 Å². The van der Waals surface area contributed by atoms with Gasteiger partial charge < -0.3 is 4.18 Å². The number of thiol groups is 1. The Hall–Kier alpha value is 0.820. The fraction of sp³-hybridized carbons (Fsp3) is 0.143. The first-order valence-electron chi connectivity index (χ1n) is 3.26. The lowest BCUT2D eigenvalue weighted by molar-refractivity contribution is 0.659. The lowest BCUT2D eigenvalue weighted by Crippen LogP contribution is -1.89. The highest BCUT2D eigenvalue weighted by Crippen LogP contribution is 2.46. The number of hydrogen-bond acceptors (Lipinski definition) is 2. The Labute approximate surface area is 112 Å². The molecule has 0 aliphatic rings. The van der Waals surface area contributed by atoms with Crippen molar-refractivity contribution in [1.82, 2.24) is 0 Å². The minimum Gasteiger partial charge on any atom is -0.426 e. The molecule has 0 aliphatic carbocycles. The van der Waals surface area contributed by atoms with Gasteiger partial charge in [0.25, 0.3) is 0 Å². The lowest BCUT2D eigenvalue weighted by atomic mass is 10.2. The third kappa shape index (κ3) is 2.16. The number of rotatable bonds is 2. The second-order valence-corrected chi connectivity index (χ2v) is 4.25. The van der Waals surface area contributed by atoms with Crippen molar-refractivity contribution in [2.45, 2.75) is 5.88 Å². The Morgan fingerprint density at radius 1 is 0.929 bits per heavy atom. The molecule has 0 spiro atoms. The average Bonchev–Trinajstić information content (AvgIpc) is 2.17. The first-order chi connectivity index (χ1) is 6.54. The van der Waals surface area contributed by atoms with Crippen molar-refractivity contribution in [3.05, 3.63) is 25.7 Å². The molecule has 78 valence electrons. The van der Waals surface area contributed by atoms with Gasteiger partial charge in [0.2, 0.25) is 0 Å². The Kier molecular flexibility index (Phi) is 4.82. The van der Waals surface area contributed by atoms with Crippen LogP contribution in [-0.4, -0.2) is 0 Å². The number of hydrogen-bond donors (Lipinski definition) is 1. The van der Waals surface area contributed by atoms with Crippen molar-refractivity contribution in [3.63, 3.8) is 0 Å². The summed E-state index contributed by atoms with van der Waals surface area (Å²) in [7, 11) is 0. The molecule has 0 aromatic heterocycles. The molecule has 0 aliphatic heterocycles. The minimum absolute atomic E-state index is 0.115. The molecule has 0 unspecified atom stereocenters. The maximum Gasteiger partial charge on any atom is 0.177 e. The summed E-state index contributed by atoms with van der Waals surface area (Å²) in [5, 5.41) is 0.735. The van der Waals surface area contributed by atoms with Gasteiger partial charge in [-0.1, -0.05) is 46.4 Å². The third-order valence-corrected chi connectivity index (χ3v) is 3.74. The second-order valence-electron chi connectivity index (χ2n) is 2.29. The van der Waals surface area contributed by atoms with Crippen LogP contribution in [0.25, 0.3) is 0 Å². The predicted molar refractivity (Wildman–Crippen MR) is 65.7 cm³/mol. The molecule has 0 fully saturated rings. The molecule has 0 N–H and O–H groups in total. The topological polar surface area (TPSA) is 9.23 Å². The molecule has 1 aromatic rings. The molecule has 0 radical (unpaired) electrons. The zero-order valence-electron chi connectivity index (χ0n) is 6.45. The summed E-state index contributed by atoms with van der Waals surface area (Å²) >= 11 is 32.7. The van der Waals surface area contributed by atoms with Gasteiger partial charge in [-0.15, -0.1) is 11.6 Å². The molecule has 0 amide bonds. The van der Waals surface area contributed by atoms with Gasteiger partial charge in [0.05, 0.1) is 15.9 Å². The van der Waals surface area contributed by atoms with Crippen LogP contribution < -0.4 is 4.18 Å². The Morgan fingerprint density at radius 3 is 1.64 bits per heavy atom. The SMILES string of the molecule is SOc1c(Cl)c(Cl)c(CCl)c(Cl)c1Cl. The summed E-state index contributed by atoms with van der Waals surface area (Å²) in [5.74, 6) is 0.241. The van der Waals surface area contributed by atoms with Crippen LogP contribution in [0.2, 0.25) is 20.1 Å². The molecule has 0 heterocycles. The average molecular weight is 312 g/mol. The van der Waals surface area contributed by atoms with Gasteiger partial charge in [0.15, 0.2) is 5.75 Å². The van der Waals surface area contributed by atoms with Crippen LogP contribution in [0, 0.1) is 0 Å². The molecule has 0 saturated carbocycles. The highest BCUT2D eigenvalue weighted by molar-refractivity contribution is 7.75. The van der Waals surface area contributed by atoms with Gasteiger partial charge in [-0.25, -0.2) is 0 Å². The smallest absolute Gasteiger partial charge is 0.177 e. The number of halogens is 5. The van der Waals surface area contributed by atoms with Crippen LogP contribution in [0.1, 0.15) is 5.56 Å². The summed E-state index contributed by atoms with van der Waals surface area (Å²) in [4.78, 5) is 0. The van der Waals surface area contributed by atoms with E-state index >= 15 is 0 Å². The van der Waals surface area contributed by atoms with Crippen molar-refractivity contribution in [2.24, 2.45) is 0 Å². The third-order valence-electron chi connectivity index (χ3n) is 1.54. The largest absolute Gasteiger partial charge is 0.426 e. The van der Waals surface area contributed by atoms with Gasteiger partial charge in [-0.2, -0.15) is 0 Å². The molecule has 0 atom stereocenters. The van der Waals surface area contributed by atoms with E-state index in [-0.39, 0.29) is 31.7 Å². The Morgan fingerprint density at radius 2 is 1.36 bits per heavy atom. The van der Waals surface area contributed by atoms with Gasteiger partial charge >= 0.3 is 0 Å². The minimum atomic E-state index is 0.115. The van der Waals surface area contributed by atoms with E-state index in [4.69, 9.17) is 58.0 Å². The maximum absolute atomic E-state index is 5.88. The van der Waals surface area contributed by atoms with Crippen LogP contribution in [0.4, 0.5) is 0 Å². The first kappa shape index (κ1) is 12.9. The van der Waals surface area contributed by atoms with E-state index in [1.165, 1.54) is 0 Å². The molecule has 1 rings (SSSR count). The zero-order chi connectivity index (χ0) is 10.9. The zero-order valence-corrected chi connectivity index (χ0v) is 11.1. The quantitative estimate of drug-likeness (QED) is 0.339. The van der Waals surface area contributed by atoms with Crippen LogP contribution in [0.5, 0.6) is 5.75 Å². The van der Waals surface area contributed by atoms with Crippen molar-refractivity contribution in [2.75, 3.05) is 0 Å². The highest BCUT2D eigenvalue weighted by atomic mass is 35.5. The van der Waals surface area contributed by atoms with Crippen LogP contribution in [-0.2, 0) is 5.88 Å². The second kappa shape index (κ2) is 5.24. The monoisotopic (exact) mass is 310 g/mol. The lowest BCUT2D eigenvalue weighted by Gasteiger charge is -2.11. The van der Waals surface area contributed by atoms with Crippen LogP contribution in [0.15, 0.2) is 0 Å². The standard InChI is InChI=1S/C7H3Cl5OS/c8-1-2-3(9)5(11)7(13-14)6(12)4(2)10/h14H,1H2. The van der Waals surface area contributed by atoms with E-state index in [1.807, 2.05) is 0 Å². The maximum atomic E-state index is 5.88. The predicted octanol–water partition coefficient (Wildman–Crippen LogP) is 5.26.